The van der Waals surface area contributed by atoms with Gasteiger partial charge in [-0.3, -0.25) is 9.59 Å². The molecule has 2 aromatic carbocycles. The molecule has 1 saturated heterocycles. The van der Waals surface area contributed by atoms with Crippen molar-refractivity contribution in [3.63, 3.8) is 0 Å². The van der Waals surface area contributed by atoms with Gasteiger partial charge in [-0.15, -0.1) is 12.4 Å². The van der Waals surface area contributed by atoms with Crippen LogP contribution < -0.4 is 10.5 Å². The lowest BCUT2D eigenvalue weighted by atomic mass is 9.78. The topological polar surface area (TPSA) is 158 Å². The van der Waals surface area contributed by atoms with Crippen molar-refractivity contribution in [3.8, 4) is 17.2 Å². The first-order valence-electron chi connectivity index (χ1n) is 11.5. The number of aliphatic hydroxyl groups excluding tert-OH is 1. The number of nitrogens with two attached hydrogens (primary N) is 1. The lowest BCUT2D eigenvalue weighted by Crippen LogP contribution is -2.51. The number of aromatic hydroxyl groups is 2. The average Bonchev–Trinajstić information content (AvgIpc) is 2.86. The Hall–Kier alpha value is -3.15. The summed E-state index contributed by atoms with van der Waals surface area (Å²) in [4.78, 5) is 27.0. The number of benzene rings is 2. The van der Waals surface area contributed by atoms with Gasteiger partial charge in [0, 0.05) is 35.6 Å². The van der Waals surface area contributed by atoms with E-state index < -0.39 is 53.7 Å². The van der Waals surface area contributed by atoms with Gasteiger partial charge in [-0.05, 0) is 19.1 Å². The predicted molar refractivity (Wildman–Crippen MR) is 133 cm³/mol. The molecule has 5 rings (SSSR count). The molecule has 5 N–H and O–H groups in total. The molecule has 1 fully saturated rings. The van der Waals surface area contributed by atoms with E-state index in [1.165, 1.54) is 26.4 Å². The van der Waals surface area contributed by atoms with Crippen molar-refractivity contribution in [2.24, 2.45) is 5.73 Å². The van der Waals surface area contributed by atoms with Crippen molar-refractivity contribution in [3.05, 3.63) is 57.3 Å². The predicted octanol–water partition coefficient (Wildman–Crippen LogP) is 2.58. The maximum atomic E-state index is 13.6. The number of rotatable bonds is 4. The number of hydrogen-bond acceptors (Lipinski definition) is 10. The van der Waals surface area contributed by atoms with E-state index in [1.807, 2.05) is 0 Å². The molecule has 2 aromatic rings. The number of phenolic OH excluding ortho intramolecular Hbond substituents is 2. The molecular formula is C26H28ClNO9. The van der Waals surface area contributed by atoms with Crippen molar-refractivity contribution in [1.82, 2.24) is 0 Å². The first-order valence-corrected chi connectivity index (χ1v) is 11.5. The second-order valence-corrected chi connectivity index (χ2v) is 9.12. The summed E-state index contributed by atoms with van der Waals surface area (Å²) in [5.74, 6) is -1.60. The molecule has 0 radical (unpaired) electrons. The number of fused-ring (bicyclic) bond motifs is 3. The number of carbonyl (C=O) groups is 2. The molecule has 10 nitrogen and oxygen atoms in total. The minimum Gasteiger partial charge on any atom is -0.507 e. The third-order valence-corrected chi connectivity index (χ3v) is 7.04. The van der Waals surface area contributed by atoms with Gasteiger partial charge in [0.25, 0.3) is 0 Å². The lowest BCUT2D eigenvalue weighted by molar-refractivity contribution is -0.241. The Bertz CT molecular complexity index is 1300. The number of hydrogen-bond donors (Lipinski definition) is 4. The Kier molecular flexibility index (Phi) is 7.24. The van der Waals surface area contributed by atoms with E-state index >= 15 is 0 Å². The van der Waals surface area contributed by atoms with Crippen molar-refractivity contribution in [2.75, 3.05) is 14.2 Å². The van der Waals surface area contributed by atoms with Crippen LogP contribution in [0.5, 0.6) is 17.2 Å². The molecule has 5 unspecified atom stereocenters. The number of carbonyl (C=O) groups excluding carboxylic acids is 2. The Morgan fingerprint density at radius 2 is 1.73 bits per heavy atom. The normalized spacial score (nSPS) is 26.3. The van der Waals surface area contributed by atoms with Crippen LogP contribution in [-0.4, -0.2) is 65.6 Å². The standard InChI is InChI=1S/C26H27NO9.ClH/c1-10-22(28)14(27)9-17(35-10)36-16-8-11(33-2)7-13-19(16)26(32)21-20(24(13)30)23(29)12-5-4-6-15(34-3)18(12)25(21)31;/h4-7,10,14,16-17,22,28,30,32H,8-9,27H2,1-3H3;1H. The fourth-order valence-electron chi connectivity index (χ4n) is 5.18. The van der Waals surface area contributed by atoms with E-state index in [0.29, 0.717) is 5.76 Å². The van der Waals surface area contributed by atoms with Crippen molar-refractivity contribution < 1.29 is 43.9 Å². The maximum Gasteiger partial charge on any atom is 0.202 e. The monoisotopic (exact) mass is 533 g/mol. The summed E-state index contributed by atoms with van der Waals surface area (Å²) in [6.07, 6.45) is -1.34. The van der Waals surface area contributed by atoms with Crippen LogP contribution in [0.4, 0.5) is 0 Å². The molecule has 1 aliphatic heterocycles. The molecule has 1 heterocycles. The first-order chi connectivity index (χ1) is 17.2. The van der Waals surface area contributed by atoms with Gasteiger partial charge < -0.3 is 40.0 Å². The second kappa shape index (κ2) is 9.96. The Balaban J connectivity index is 0.00000320. The summed E-state index contributed by atoms with van der Waals surface area (Å²) in [6.45, 7) is 1.67. The van der Waals surface area contributed by atoms with E-state index in [1.54, 1.807) is 19.1 Å². The van der Waals surface area contributed by atoms with Gasteiger partial charge in [-0.2, -0.15) is 0 Å². The highest BCUT2D eigenvalue weighted by atomic mass is 35.5. The number of halogens is 1. The van der Waals surface area contributed by atoms with Crippen LogP contribution in [-0.2, 0) is 14.2 Å². The minimum absolute atomic E-state index is 0. The Morgan fingerprint density at radius 1 is 1.03 bits per heavy atom. The molecule has 5 atom stereocenters. The zero-order valence-electron chi connectivity index (χ0n) is 20.4. The molecule has 0 spiro atoms. The highest BCUT2D eigenvalue weighted by molar-refractivity contribution is 6.31. The second-order valence-electron chi connectivity index (χ2n) is 9.12. The summed E-state index contributed by atoms with van der Waals surface area (Å²) in [5, 5.41) is 32.8. The zero-order valence-corrected chi connectivity index (χ0v) is 21.2. The molecule has 0 saturated carbocycles. The van der Waals surface area contributed by atoms with Gasteiger partial charge in [0.2, 0.25) is 5.78 Å². The highest BCUT2D eigenvalue weighted by Crippen LogP contribution is 2.51. The maximum absolute atomic E-state index is 13.6. The molecule has 11 heteroatoms. The summed E-state index contributed by atoms with van der Waals surface area (Å²) < 4.78 is 22.6. The molecular weight excluding hydrogens is 506 g/mol. The number of ketones is 2. The SMILES string of the molecule is COC1=Cc2c(O)c3c(c(O)c2C(OC2CC(N)C(O)C(C)O2)C1)C(=O)c1c(OC)cccc1C3=O.Cl. The fraction of sp³-hybridized carbons (Fsp3) is 0.385. The van der Waals surface area contributed by atoms with Gasteiger partial charge in [-0.1, -0.05) is 12.1 Å². The van der Waals surface area contributed by atoms with E-state index in [0.717, 1.165) is 0 Å². The average molecular weight is 534 g/mol. The van der Waals surface area contributed by atoms with Gasteiger partial charge in [-0.25, -0.2) is 0 Å². The molecule has 0 bridgehead atoms. The first kappa shape index (κ1) is 26.9. The molecule has 0 aromatic heterocycles. The zero-order chi connectivity index (χ0) is 25.9. The lowest BCUT2D eigenvalue weighted by Gasteiger charge is -2.38. The van der Waals surface area contributed by atoms with Crippen LogP contribution in [0.15, 0.2) is 24.0 Å². The molecule has 37 heavy (non-hydrogen) atoms. The Labute approximate surface area is 219 Å². The number of phenols is 2. The third-order valence-electron chi connectivity index (χ3n) is 7.04. The van der Waals surface area contributed by atoms with Gasteiger partial charge in [0.1, 0.15) is 17.2 Å². The third kappa shape index (κ3) is 4.14. The van der Waals surface area contributed by atoms with E-state index in [2.05, 4.69) is 0 Å². The highest BCUT2D eigenvalue weighted by Gasteiger charge is 2.43. The van der Waals surface area contributed by atoms with Gasteiger partial charge in [0.05, 0.1) is 55.0 Å². The number of ether oxygens (including phenoxy) is 4. The van der Waals surface area contributed by atoms with Gasteiger partial charge in [0.15, 0.2) is 12.1 Å². The Morgan fingerprint density at radius 3 is 2.38 bits per heavy atom. The van der Waals surface area contributed by atoms with E-state index in [4.69, 9.17) is 24.7 Å². The number of aliphatic hydroxyl groups is 1. The minimum atomic E-state index is -0.905. The van der Waals surface area contributed by atoms with Crippen molar-refractivity contribution >= 4 is 30.0 Å². The van der Waals surface area contributed by atoms with Crippen LogP contribution in [0.1, 0.15) is 68.8 Å². The van der Waals surface area contributed by atoms with Gasteiger partial charge >= 0.3 is 0 Å². The van der Waals surface area contributed by atoms with E-state index in [-0.39, 0.29) is 64.4 Å². The molecule has 3 aliphatic rings. The molecule has 198 valence electrons. The molecule has 0 amide bonds. The van der Waals surface area contributed by atoms with Crippen LogP contribution >= 0.6 is 12.4 Å². The summed E-state index contributed by atoms with van der Waals surface area (Å²) >= 11 is 0. The molecule has 2 aliphatic carbocycles. The van der Waals surface area contributed by atoms with E-state index in [9.17, 15) is 24.9 Å². The fourth-order valence-corrected chi connectivity index (χ4v) is 5.18. The largest absolute Gasteiger partial charge is 0.507 e. The quantitative estimate of drug-likeness (QED) is 0.367. The summed E-state index contributed by atoms with van der Waals surface area (Å²) in [7, 11) is 2.83. The van der Waals surface area contributed by atoms with Crippen molar-refractivity contribution in [1.29, 1.82) is 0 Å². The van der Waals surface area contributed by atoms with Crippen molar-refractivity contribution in [2.45, 2.75) is 50.4 Å². The van der Waals surface area contributed by atoms with Crippen LogP contribution in [0.3, 0.4) is 0 Å². The van der Waals surface area contributed by atoms with Crippen LogP contribution in [0.25, 0.3) is 6.08 Å². The number of methoxy groups -OCH3 is 2. The van der Waals surface area contributed by atoms with Crippen LogP contribution in [0, 0.1) is 0 Å². The summed E-state index contributed by atoms with van der Waals surface area (Å²) in [6, 6.07) is 4.00. The smallest absolute Gasteiger partial charge is 0.202 e. The van der Waals surface area contributed by atoms with Crippen LogP contribution in [0.2, 0.25) is 0 Å². The summed E-state index contributed by atoms with van der Waals surface area (Å²) in [5.41, 5.74) is 5.74.